The van der Waals surface area contributed by atoms with Crippen LogP contribution in [-0.2, 0) is 21.4 Å². The first kappa shape index (κ1) is 17.7. The molecular weight excluding hydrogens is 328 g/mol. The number of ether oxygens (including phenoxy) is 1. The van der Waals surface area contributed by atoms with Crippen molar-refractivity contribution in [2.75, 3.05) is 7.11 Å². The van der Waals surface area contributed by atoms with E-state index in [1.54, 1.807) is 25.3 Å². The lowest BCUT2D eigenvalue weighted by atomic mass is 10.2. The average Bonchev–Trinajstić information content (AvgIpc) is 2.58. The summed E-state index contributed by atoms with van der Waals surface area (Å²) in [6.45, 7) is 0.278. The summed E-state index contributed by atoms with van der Waals surface area (Å²) in [6.07, 6.45) is 3.08. The Labute approximate surface area is 141 Å². The molecule has 0 fully saturated rings. The molecule has 0 saturated heterocycles. The van der Waals surface area contributed by atoms with Gasteiger partial charge in [-0.1, -0.05) is 30.3 Å². The molecule has 3 N–H and O–H groups in total. The van der Waals surface area contributed by atoms with Gasteiger partial charge < -0.3 is 10.1 Å². The summed E-state index contributed by atoms with van der Waals surface area (Å²) in [5.74, 6) is 0.413. The van der Waals surface area contributed by atoms with Crippen molar-refractivity contribution in [1.29, 1.82) is 0 Å². The van der Waals surface area contributed by atoms with Crippen LogP contribution in [0, 0.1) is 0 Å². The van der Waals surface area contributed by atoms with E-state index in [-0.39, 0.29) is 17.3 Å². The fraction of sp³-hybridized carbons (Fsp3) is 0.118. The lowest BCUT2D eigenvalue weighted by Gasteiger charge is -2.05. The summed E-state index contributed by atoms with van der Waals surface area (Å²) < 4.78 is 27.5. The van der Waals surface area contributed by atoms with Crippen molar-refractivity contribution in [2.45, 2.75) is 11.4 Å². The number of benzene rings is 2. The molecule has 2 aromatic carbocycles. The Balaban J connectivity index is 1.95. The first-order chi connectivity index (χ1) is 11.4. The van der Waals surface area contributed by atoms with Crippen LogP contribution in [0.2, 0.25) is 0 Å². The Kier molecular flexibility index (Phi) is 5.73. The lowest BCUT2D eigenvalue weighted by Crippen LogP contribution is -2.20. The number of amides is 1. The average molecular weight is 346 g/mol. The molecule has 0 spiro atoms. The number of sulfonamides is 1. The zero-order valence-corrected chi connectivity index (χ0v) is 13.9. The molecule has 0 atom stereocenters. The second-order valence-electron chi connectivity index (χ2n) is 4.98. The van der Waals surface area contributed by atoms with E-state index in [9.17, 15) is 13.2 Å². The van der Waals surface area contributed by atoms with Gasteiger partial charge in [-0.05, 0) is 29.8 Å². The maximum atomic E-state index is 11.9. The van der Waals surface area contributed by atoms with E-state index in [1.165, 1.54) is 18.2 Å². The normalized spacial score (nSPS) is 11.4. The molecule has 0 aliphatic carbocycles. The summed E-state index contributed by atoms with van der Waals surface area (Å²) in [6, 6.07) is 13.4. The van der Waals surface area contributed by atoms with E-state index >= 15 is 0 Å². The Morgan fingerprint density at radius 1 is 1.17 bits per heavy atom. The van der Waals surface area contributed by atoms with Crippen molar-refractivity contribution in [3.63, 3.8) is 0 Å². The quantitative estimate of drug-likeness (QED) is 0.777. The summed E-state index contributed by atoms with van der Waals surface area (Å²) in [5, 5.41) is 7.75. The minimum absolute atomic E-state index is 0.0358. The molecule has 6 nitrogen and oxygen atoms in total. The van der Waals surface area contributed by atoms with Gasteiger partial charge in [0.25, 0.3) is 0 Å². The molecule has 7 heteroatoms. The number of para-hydroxylation sites is 1. The molecule has 126 valence electrons. The van der Waals surface area contributed by atoms with Crippen LogP contribution in [0.4, 0.5) is 0 Å². The molecule has 24 heavy (non-hydrogen) atoms. The van der Waals surface area contributed by atoms with Crippen LogP contribution in [0.3, 0.4) is 0 Å². The second kappa shape index (κ2) is 7.76. The van der Waals surface area contributed by atoms with E-state index in [2.05, 4.69) is 5.32 Å². The van der Waals surface area contributed by atoms with Gasteiger partial charge in [0.2, 0.25) is 15.9 Å². The van der Waals surface area contributed by atoms with Crippen LogP contribution >= 0.6 is 0 Å². The molecule has 0 aliphatic heterocycles. The fourth-order valence-electron chi connectivity index (χ4n) is 2.01. The highest BCUT2D eigenvalue weighted by Crippen LogP contribution is 2.18. The molecule has 0 radical (unpaired) electrons. The largest absolute Gasteiger partial charge is 0.496 e. The number of methoxy groups -OCH3 is 1. The van der Waals surface area contributed by atoms with Crippen LogP contribution in [0.5, 0.6) is 5.75 Å². The van der Waals surface area contributed by atoms with Crippen LogP contribution in [-0.4, -0.2) is 21.4 Å². The molecule has 0 bridgehead atoms. The van der Waals surface area contributed by atoms with Crippen molar-refractivity contribution in [3.8, 4) is 5.75 Å². The van der Waals surface area contributed by atoms with Gasteiger partial charge >= 0.3 is 0 Å². The molecular formula is C17H18N2O4S. The first-order valence-electron chi connectivity index (χ1n) is 7.11. The summed E-state index contributed by atoms with van der Waals surface area (Å²) in [4.78, 5) is 11.9. The van der Waals surface area contributed by atoms with E-state index in [0.717, 1.165) is 11.1 Å². The van der Waals surface area contributed by atoms with Crippen molar-refractivity contribution in [1.82, 2.24) is 5.32 Å². The Morgan fingerprint density at radius 2 is 1.83 bits per heavy atom. The SMILES string of the molecule is COc1ccccc1/C=C/C(=O)NCc1ccc(S(N)(=O)=O)cc1. The van der Waals surface area contributed by atoms with Crippen molar-refractivity contribution >= 4 is 22.0 Å². The highest BCUT2D eigenvalue weighted by molar-refractivity contribution is 7.89. The van der Waals surface area contributed by atoms with Gasteiger partial charge in [0.15, 0.2) is 0 Å². The molecule has 0 aromatic heterocycles. The van der Waals surface area contributed by atoms with Crippen LogP contribution in [0.25, 0.3) is 6.08 Å². The molecule has 0 aliphatic rings. The molecule has 2 aromatic rings. The molecule has 0 saturated carbocycles. The van der Waals surface area contributed by atoms with Gasteiger partial charge in [-0.2, -0.15) is 0 Å². The van der Waals surface area contributed by atoms with Gasteiger partial charge in [-0.3, -0.25) is 4.79 Å². The predicted octanol–water partition coefficient (Wildman–Crippen LogP) is 1.67. The second-order valence-corrected chi connectivity index (χ2v) is 6.54. The van der Waals surface area contributed by atoms with E-state index < -0.39 is 10.0 Å². The van der Waals surface area contributed by atoms with Gasteiger partial charge in [0.1, 0.15) is 5.75 Å². The highest BCUT2D eigenvalue weighted by atomic mass is 32.2. The fourth-order valence-corrected chi connectivity index (χ4v) is 2.53. The van der Waals surface area contributed by atoms with Crippen molar-refractivity contribution < 1.29 is 17.9 Å². The molecule has 0 heterocycles. The summed E-state index contributed by atoms with van der Waals surface area (Å²) >= 11 is 0. The molecule has 2 rings (SSSR count). The Bertz CT molecular complexity index is 843. The number of carbonyl (C=O) groups excluding carboxylic acids is 1. The Hall–Kier alpha value is -2.64. The minimum atomic E-state index is -3.71. The standard InChI is InChI=1S/C17H18N2O4S/c1-23-16-5-3-2-4-14(16)8-11-17(20)19-12-13-6-9-15(10-7-13)24(18,21)22/h2-11H,12H2,1H3,(H,19,20)(H2,18,21,22)/b11-8+. The monoisotopic (exact) mass is 346 g/mol. The maximum Gasteiger partial charge on any atom is 0.244 e. The van der Waals surface area contributed by atoms with Gasteiger partial charge in [0.05, 0.1) is 12.0 Å². The lowest BCUT2D eigenvalue weighted by molar-refractivity contribution is -0.116. The third-order valence-corrected chi connectivity index (χ3v) is 4.20. The van der Waals surface area contributed by atoms with E-state index in [4.69, 9.17) is 9.88 Å². The predicted molar refractivity (Wildman–Crippen MR) is 91.7 cm³/mol. The third-order valence-electron chi connectivity index (χ3n) is 3.27. The third kappa shape index (κ3) is 4.94. The summed E-state index contributed by atoms with van der Waals surface area (Å²) in [7, 11) is -2.14. The zero-order valence-electron chi connectivity index (χ0n) is 13.1. The smallest absolute Gasteiger partial charge is 0.244 e. The maximum absolute atomic E-state index is 11.9. The van der Waals surface area contributed by atoms with Crippen molar-refractivity contribution in [3.05, 3.63) is 65.7 Å². The molecule has 1 amide bonds. The van der Waals surface area contributed by atoms with Crippen LogP contribution < -0.4 is 15.2 Å². The van der Waals surface area contributed by atoms with Gasteiger partial charge in [-0.15, -0.1) is 0 Å². The highest BCUT2D eigenvalue weighted by Gasteiger charge is 2.06. The van der Waals surface area contributed by atoms with Gasteiger partial charge in [0, 0.05) is 18.2 Å². The molecule has 0 unspecified atom stereocenters. The minimum Gasteiger partial charge on any atom is -0.496 e. The number of rotatable bonds is 6. The topological polar surface area (TPSA) is 98.5 Å². The number of nitrogens with two attached hydrogens (primary N) is 1. The van der Waals surface area contributed by atoms with E-state index in [1.807, 2.05) is 24.3 Å². The number of primary sulfonamides is 1. The van der Waals surface area contributed by atoms with Crippen LogP contribution in [0.1, 0.15) is 11.1 Å². The Morgan fingerprint density at radius 3 is 2.46 bits per heavy atom. The zero-order chi connectivity index (χ0) is 17.6. The van der Waals surface area contributed by atoms with Gasteiger partial charge in [-0.25, -0.2) is 13.6 Å². The van der Waals surface area contributed by atoms with Crippen molar-refractivity contribution in [2.24, 2.45) is 5.14 Å². The van der Waals surface area contributed by atoms with Crippen LogP contribution in [0.15, 0.2) is 59.5 Å². The number of carbonyl (C=O) groups is 1. The number of nitrogens with one attached hydrogen (secondary N) is 1. The number of hydrogen-bond donors (Lipinski definition) is 2. The first-order valence-corrected chi connectivity index (χ1v) is 8.65. The number of hydrogen-bond acceptors (Lipinski definition) is 4. The van der Waals surface area contributed by atoms with E-state index in [0.29, 0.717) is 5.75 Å². The summed E-state index contributed by atoms with van der Waals surface area (Å²) in [5.41, 5.74) is 1.56.